The van der Waals surface area contributed by atoms with E-state index < -0.39 is 6.04 Å². The number of piperidine rings is 2. The molecule has 1 unspecified atom stereocenters. The van der Waals surface area contributed by atoms with Crippen LogP contribution >= 0.6 is 0 Å². The highest BCUT2D eigenvalue weighted by Crippen LogP contribution is 2.32. The molecule has 7 rings (SSSR count). The Bertz CT molecular complexity index is 1460. The molecular formula is C36H41N5O3. The van der Waals surface area contributed by atoms with Crippen molar-refractivity contribution in [3.05, 3.63) is 107 Å². The van der Waals surface area contributed by atoms with E-state index in [2.05, 4.69) is 86.7 Å². The highest BCUT2D eigenvalue weighted by Gasteiger charge is 2.39. The molecule has 8 heteroatoms. The Labute approximate surface area is 259 Å². The normalized spacial score (nSPS) is 22.4. The van der Waals surface area contributed by atoms with Gasteiger partial charge in [-0.25, -0.2) is 0 Å². The zero-order valence-electron chi connectivity index (χ0n) is 25.2. The Morgan fingerprint density at radius 1 is 0.750 bits per heavy atom. The van der Waals surface area contributed by atoms with E-state index >= 15 is 0 Å². The van der Waals surface area contributed by atoms with Crippen LogP contribution in [-0.2, 0) is 22.7 Å². The standard InChI is InChI=1S/C36H41N5O3/c42-33-14-13-32(35(43)37-33)41-25-29-12-11-26(23-31(29)36(41)44)24-38-17-15-30(16-18-38)39-19-21-40(22-20-39)34(27-7-3-1-4-8-27)28-9-5-2-6-10-28/h1-12,23,30,32,34H,13-22,24-25H2,(H,37,42,43). The molecule has 0 radical (unpaired) electrons. The van der Waals surface area contributed by atoms with Crippen LogP contribution in [-0.4, -0.2) is 88.7 Å². The van der Waals surface area contributed by atoms with E-state index in [4.69, 9.17) is 0 Å². The molecule has 4 aliphatic rings. The molecule has 0 spiro atoms. The SMILES string of the molecule is O=C1CCC(N2Cc3ccc(CN4CCC(N5CCN(C(c6ccccc6)c6ccccc6)CC5)CC4)cc3C2=O)C(=O)N1. The fourth-order valence-electron chi connectivity index (χ4n) is 7.65. The summed E-state index contributed by atoms with van der Waals surface area (Å²) in [5, 5.41) is 2.38. The van der Waals surface area contributed by atoms with Crippen molar-refractivity contribution in [2.45, 2.75) is 56.9 Å². The highest BCUT2D eigenvalue weighted by molar-refractivity contribution is 6.05. The van der Waals surface area contributed by atoms with Crippen molar-refractivity contribution >= 4 is 17.7 Å². The Morgan fingerprint density at radius 3 is 2.05 bits per heavy atom. The van der Waals surface area contributed by atoms with Gasteiger partial charge in [-0.2, -0.15) is 0 Å². The predicted octanol–water partition coefficient (Wildman–Crippen LogP) is 3.82. The molecule has 8 nitrogen and oxygen atoms in total. The van der Waals surface area contributed by atoms with Gasteiger partial charge >= 0.3 is 0 Å². The van der Waals surface area contributed by atoms with E-state index in [1.54, 1.807) is 4.90 Å². The highest BCUT2D eigenvalue weighted by atomic mass is 16.2. The second-order valence-corrected chi connectivity index (χ2v) is 12.7. The zero-order valence-corrected chi connectivity index (χ0v) is 25.2. The van der Waals surface area contributed by atoms with E-state index in [1.807, 2.05) is 12.1 Å². The third-order valence-corrected chi connectivity index (χ3v) is 10.0. The molecule has 4 heterocycles. The number of carbonyl (C=O) groups is 3. The molecule has 0 bridgehead atoms. The fraction of sp³-hybridized carbons (Fsp3) is 0.417. The third-order valence-electron chi connectivity index (χ3n) is 10.0. The Morgan fingerprint density at radius 2 is 1.41 bits per heavy atom. The molecule has 44 heavy (non-hydrogen) atoms. The summed E-state index contributed by atoms with van der Waals surface area (Å²) in [6, 6.07) is 28.3. The Hall–Kier alpha value is -3.85. The maximum atomic E-state index is 13.3. The first-order valence-corrected chi connectivity index (χ1v) is 16.1. The number of rotatable bonds is 7. The number of likely N-dealkylation sites (tertiary alicyclic amines) is 1. The second kappa shape index (κ2) is 12.6. The minimum absolute atomic E-state index is 0.101. The number of carbonyl (C=O) groups excluding carboxylic acids is 3. The van der Waals surface area contributed by atoms with E-state index in [0.29, 0.717) is 24.6 Å². The molecule has 3 aromatic carbocycles. The van der Waals surface area contributed by atoms with Crippen molar-refractivity contribution in [2.24, 2.45) is 0 Å². The van der Waals surface area contributed by atoms with E-state index in [-0.39, 0.29) is 30.2 Å². The average molecular weight is 592 g/mol. The summed E-state index contributed by atoms with van der Waals surface area (Å²) in [5.41, 5.74) is 5.52. The quantitative estimate of drug-likeness (QED) is 0.421. The molecule has 0 aromatic heterocycles. The number of nitrogens with zero attached hydrogens (tertiary/aromatic N) is 4. The van der Waals surface area contributed by atoms with Crippen molar-refractivity contribution in [2.75, 3.05) is 39.3 Å². The van der Waals surface area contributed by atoms with E-state index in [9.17, 15) is 14.4 Å². The lowest BCUT2D eigenvalue weighted by atomic mass is 9.95. The lowest BCUT2D eigenvalue weighted by Gasteiger charge is -2.45. The van der Waals surface area contributed by atoms with Gasteiger partial charge < -0.3 is 4.90 Å². The summed E-state index contributed by atoms with van der Waals surface area (Å²) in [6.45, 7) is 7.67. The van der Waals surface area contributed by atoms with Crippen molar-refractivity contribution in [3.8, 4) is 0 Å². The number of amides is 3. The molecule has 3 fully saturated rings. The summed E-state index contributed by atoms with van der Waals surface area (Å²) in [6.07, 6.45) is 2.99. The number of fused-ring (bicyclic) bond motifs is 1. The van der Waals surface area contributed by atoms with Gasteiger partial charge in [0.25, 0.3) is 5.91 Å². The number of piperazine rings is 1. The first-order valence-electron chi connectivity index (χ1n) is 16.1. The summed E-state index contributed by atoms with van der Waals surface area (Å²) in [4.78, 5) is 46.7. The lowest BCUT2D eigenvalue weighted by Crippen LogP contribution is -2.53. The van der Waals surface area contributed by atoms with Crippen LogP contribution < -0.4 is 5.32 Å². The van der Waals surface area contributed by atoms with Crippen LogP contribution in [0.4, 0.5) is 0 Å². The average Bonchev–Trinajstić information content (AvgIpc) is 3.38. The zero-order chi connectivity index (χ0) is 30.0. The van der Waals surface area contributed by atoms with Crippen molar-refractivity contribution < 1.29 is 14.4 Å². The minimum Gasteiger partial charge on any atom is -0.322 e. The van der Waals surface area contributed by atoms with Crippen LogP contribution in [0.5, 0.6) is 0 Å². The van der Waals surface area contributed by atoms with Crippen molar-refractivity contribution in [1.82, 2.24) is 24.9 Å². The van der Waals surface area contributed by atoms with E-state index in [1.165, 1.54) is 11.1 Å². The predicted molar refractivity (Wildman–Crippen MR) is 169 cm³/mol. The molecule has 4 aliphatic heterocycles. The number of hydrogen-bond donors (Lipinski definition) is 1. The van der Waals surface area contributed by atoms with Gasteiger partial charge in [0.1, 0.15) is 6.04 Å². The van der Waals surface area contributed by atoms with Crippen LogP contribution in [0.1, 0.15) is 64.3 Å². The van der Waals surface area contributed by atoms with Gasteiger partial charge in [0.05, 0.1) is 6.04 Å². The molecule has 1 atom stereocenters. The smallest absolute Gasteiger partial charge is 0.255 e. The summed E-state index contributed by atoms with van der Waals surface area (Å²) in [5.74, 6) is -0.724. The molecule has 228 valence electrons. The lowest BCUT2D eigenvalue weighted by molar-refractivity contribution is -0.136. The molecule has 0 saturated carbocycles. The number of benzene rings is 3. The third kappa shape index (κ3) is 5.94. The van der Waals surface area contributed by atoms with Gasteiger partial charge in [-0.05, 0) is 60.7 Å². The van der Waals surface area contributed by atoms with Gasteiger partial charge in [-0.1, -0.05) is 72.8 Å². The second-order valence-electron chi connectivity index (χ2n) is 12.7. The van der Waals surface area contributed by atoms with Crippen LogP contribution in [0.15, 0.2) is 78.9 Å². The fourth-order valence-corrected chi connectivity index (χ4v) is 7.65. The first-order chi connectivity index (χ1) is 21.5. The monoisotopic (exact) mass is 591 g/mol. The van der Waals surface area contributed by atoms with Gasteiger partial charge in [0.2, 0.25) is 11.8 Å². The van der Waals surface area contributed by atoms with Gasteiger partial charge in [0.15, 0.2) is 0 Å². The largest absolute Gasteiger partial charge is 0.322 e. The first kappa shape index (κ1) is 28.9. The summed E-state index contributed by atoms with van der Waals surface area (Å²) >= 11 is 0. The topological polar surface area (TPSA) is 76.2 Å². The summed E-state index contributed by atoms with van der Waals surface area (Å²) in [7, 11) is 0. The van der Waals surface area contributed by atoms with Crippen molar-refractivity contribution in [3.63, 3.8) is 0 Å². The molecule has 3 aromatic rings. The Kier molecular flexibility index (Phi) is 8.30. The summed E-state index contributed by atoms with van der Waals surface area (Å²) < 4.78 is 0. The van der Waals surface area contributed by atoms with Crippen LogP contribution in [0.3, 0.4) is 0 Å². The van der Waals surface area contributed by atoms with Crippen LogP contribution in [0.25, 0.3) is 0 Å². The molecular weight excluding hydrogens is 550 g/mol. The van der Waals surface area contributed by atoms with Crippen LogP contribution in [0, 0.1) is 0 Å². The molecule has 3 amide bonds. The van der Waals surface area contributed by atoms with Gasteiger partial charge in [-0.3, -0.25) is 34.4 Å². The molecule has 3 saturated heterocycles. The minimum atomic E-state index is -0.570. The Balaban J connectivity index is 0.921. The van der Waals surface area contributed by atoms with Crippen LogP contribution in [0.2, 0.25) is 0 Å². The number of hydrogen-bond acceptors (Lipinski definition) is 6. The number of imide groups is 1. The maximum Gasteiger partial charge on any atom is 0.255 e. The van der Waals surface area contributed by atoms with Gasteiger partial charge in [0, 0.05) is 57.3 Å². The molecule has 1 N–H and O–H groups in total. The van der Waals surface area contributed by atoms with Gasteiger partial charge in [-0.15, -0.1) is 0 Å². The molecule has 0 aliphatic carbocycles. The van der Waals surface area contributed by atoms with E-state index in [0.717, 1.165) is 69.8 Å². The maximum absolute atomic E-state index is 13.3. The number of nitrogens with one attached hydrogen (secondary N) is 1. The van der Waals surface area contributed by atoms with Crippen molar-refractivity contribution in [1.29, 1.82) is 0 Å².